The maximum Gasteiger partial charge on any atom is 0.307 e. The summed E-state index contributed by atoms with van der Waals surface area (Å²) >= 11 is 0. The van der Waals surface area contributed by atoms with Gasteiger partial charge in [-0.2, -0.15) is 0 Å². The van der Waals surface area contributed by atoms with Gasteiger partial charge in [-0.3, -0.25) is 47.3 Å². The van der Waals surface area contributed by atoms with E-state index in [-0.39, 0.29) is 5.97 Å². The number of hydrogen-bond donors (Lipinski definition) is 8. The van der Waals surface area contributed by atoms with Crippen molar-refractivity contribution >= 4 is 5.97 Å². The topological polar surface area (TPSA) is 123 Å². The van der Waals surface area contributed by atoms with Gasteiger partial charge in [-0.15, -0.1) is 0 Å². The molecule has 5 aliphatic heterocycles. The zero-order chi connectivity index (χ0) is 31.2. The van der Waals surface area contributed by atoms with Gasteiger partial charge in [0, 0.05) is 6.92 Å². The standard InChI is InChI=1S/C32H56N8.C4H6O2/c1-2-10-18-17(9-1)25-33-26(18)38-28-21-13-5-6-14-22(21)30(35-28)40-32-24-16-8-7-15-23(24)31(36-32)39-29-20-12-4-3-11-19(20)27(34-29)37-25;1-3-6-4(2)5/h17-40H,1-16H2;3H,1H2,2H3. The normalized spacial score (nSPS) is 51.0. The summed E-state index contributed by atoms with van der Waals surface area (Å²) in [6, 6.07) is 0. The van der Waals surface area contributed by atoms with Crippen LogP contribution in [0.1, 0.15) is 110 Å². The number of carbonyl (C=O) groups is 1. The van der Waals surface area contributed by atoms with E-state index < -0.39 is 0 Å². The summed E-state index contributed by atoms with van der Waals surface area (Å²) < 4.78 is 4.17. The molecule has 46 heavy (non-hydrogen) atoms. The van der Waals surface area contributed by atoms with E-state index >= 15 is 0 Å². The summed E-state index contributed by atoms with van der Waals surface area (Å²) in [4.78, 5) is 9.75. The fraction of sp³-hybridized carbons (Fsp3) is 0.917. The smallest absolute Gasteiger partial charge is 0.307 e. The van der Waals surface area contributed by atoms with Gasteiger partial charge in [-0.05, 0) is 98.7 Å². The first-order valence-electron chi connectivity index (χ1n) is 19.4. The van der Waals surface area contributed by atoms with Gasteiger partial charge in [0.1, 0.15) is 0 Å². The second-order valence-corrected chi connectivity index (χ2v) is 16.4. The Hall–Kier alpha value is -1.11. The molecule has 9 fully saturated rings. The van der Waals surface area contributed by atoms with E-state index in [4.69, 9.17) is 0 Å². The molecule has 0 radical (unpaired) electrons. The quantitative estimate of drug-likeness (QED) is 0.160. The second kappa shape index (κ2) is 14.0. The maximum atomic E-state index is 9.75. The van der Waals surface area contributed by atoms with Gasteiger partial charge in [-0.25, -0.2) is 0 Å². The lowest BCUT2D eigenvalue weighted by atomic mass is 9.76. The van der Waals surface area contributed by atoms with Crippen LogP contribution in [0.2, 0.25) is 0 Å². The highest BCUT2D eigenvalue weighted by Gasteiger charge is 2.54. The fourth-order valence-electron chi connectivity index (χ4n) is 12.1. The molecule has 0 aromatic heterocycles. The highest BCUT2D eigenvalue weighted by molar-refractivity contribution is 5.66. The molecule has 8 bridgehead atoms. The van der Waals surface area contributed by atoms with Crippen molar-refractivity contribution in [2.45, 2.75) is 159 Å². The summed E-state index contributed by atoms with van der Waals surface area (Å²) in [5.74, 6) is 5.64. The Balaban J connectivity index is 0.000000478. The van der Waals surface area contributed by atoms with Gasteiger partial charge in [-0.1, -0.05) is 57.9 Å². The molecular weight excluding hydrogens is 576 g/mol. The first-order valence-corrected chi connectivity index (χ1v) is 19.4. The summed E-state index contributed by atoms with van der Waals surface area (Å²) in [6.45, 7) is 4.48. The van der Waals surface area contributed by atoms with Crippen LogP contribution in [0.4, 0.5) is 0 Å². The predicted molar refractivity (Wildman–Crippen MR) is 179 cm³/mol. The van der Waals surface area contributed by atoms with Crippen molar-refractivity contribution in [2.75, 3.05) is 0 Å². The number of ether oxygens (including phenoxy) is 1. The molecule has 5 heterocycles. The number of fused-ring (bicyclic) bond motifs is 20. The Morgan fingerprint density at radius 2 is 0.609 bits per heavy atom. The molecule has 9 aliphatic rings. The van der Waals surface area contributed by atoms with Crippen LogP contribution in [0.25, 0.3) is 0 Å². The Labute approximate surface area is 276 Å². The summed E-state index contributed by atoms with van der Waals surface area (Å²) in [6.07, 6.45) is 26.7. The monoisotopic (exact) mass is 638 g/mol. The van der Waals surface area contributed by atoms with Gasteiger partial charge >= 0.3 is 5.97 Å². The molecule has 4 saturated carbocycles. The molecule has 4 aliphatic carbocycles. The van der Waals surface area contributed by atoms with Crippen molar-refractivity contribution in [1.29, 1.82) is 0 Å². The number of rotatable bonds is 1. The first-order chi connectivity index (χ1) is 22.6. The molecule has 8 atom stereocenters. The third kappa shape index (κ3) is 6.23. The molecule has 5 saturated heterocycles. The third-order valence-corrected chi connectivity index (χ3v) is 14.0. The minimum absolute atomic E-state index is 0.329. The molecule has 0 aromatic rings. The van der Waals surface area contributed by atoms with Crippen LogP contribution in [0.5, 0.6) is 0 Å². The summed E-state index contributed by atoms with van der Waals surface area (Å²) in [5.41, 5.74) is 0. The highest BCUT2D eigenvalue weighted by Crippen LogP contribution is 2.45. The van der Waals surface area contributed by atoms with Crippen LogP contribution < -0.4 is 42.5 Å². The third-order valence-electron chi connectivity index (χ3n) is 14.0. The molecule has 10 heteroatoms. The number of nitrogens with one attached hydrogen (secondary N) is 8. The van der Waals surface area contributed by atoms with Crippen molar-refractivity contribution in [3.63, 3.8) is 0 Å². The highest BCUT2D eigenvalue weighted by atomic mass is 16.5. The van der Waals surface area contributed by atoms with Gasteiger partial charge in [0.15, 0.2) is 0 Å². The van der Waals surface area contributed by atoms with Gasteiger partial charge in [0.2, 0.25) is 0 Å². The van der Waals surface area contributed by atoms with Crippen LogP contribution in [0, 0.1) is 47.3 Å². The van der Waals surface area contributed by atoms with E-state index in [0.29, 0.717) is 49.3 Å². The van der Waals surface area contributed by atoms with Gasteiger partial charge in [0.25, 0.3) is 0 Å². The van der Waals surface area contributed by atoms with E-state index in [1.807, 2.05) is 0 Å². The Bertz CT molecular complexity index is 871. The van der Waals surface area contributed by atoms with Gasteiger partial charge < -0.3 is 4.74 Å². The fourth-order valence-corrected chi connectivity index (χ4v) is 12.1. The number of carbonyl (C=O) groups excluding carboxylic acids is 1. The lowest BCUT2D eigenvalue weighted by Gasteiger charge is -2.35. The van der Waals surface area contributed by atoms with Crippen molar-refractivity contribution in [3.8, 4) is 0 Å². The average Bonchev–Trinajstić information content (AvgIpc) is 3.81. The van der Waals surface area contributed by atoms with Crippen LogP contribution in [0.15, 0.2) is 12.8 Å². The second-order valence-electron chi connectivity index (χ2n) is 16.4. The molecule has 0 aromatic carbocycles. The lowest BCUT2D eigenvalue weighted by Crippen LogP contribution is -2.61. The minimum Gasteiger partial charge on any atom is -0.435 e. The maximum absolute atomic E-state index is 9.75. The zero-order valence-electron chi connectivity index (χ0n) is 28.2. The van der Waals surface area contributed by atoms with Crippen molar-refractivity contribution in [1.82, 2.24) is 42.5 Å². The van der Waals surface area contributed by atoms with E-state index in [2.05, 4.69) is 53.9 Å². The van der Waals surface area contributed by atoms with Crippen LogP contribution in [-0.2, 0) is 9.53 Å². The largest absolute Gasteiger partial charge is 0.435 e. The van der Waals surface area contributed by atoms with Crippen LogP contribution in [0.3, 0.4) is 0 Å². The van der Waals surface area contributed by atoms with Gasteiger partial charge in [0.05, 0.1) is 55.6 Å². The molecule has 0 amide bonds. The lowest BCUT2D eigenvalue weighted by molar-refractivity contribution is -0.135. The Morgan fingerprint density at radius 3 is 0.717 bits per heavy atom. The molecule has 0 spiro atoms. The predicted octanol–water partition coefficient (Wildman–Crippen LogP) is 3.30. The van der Waals surface area contributed by atoms with E-state index in [0.717, 1.165) is 53.6 Å². The minimum atomic E-state index is -0.329. The SMILES string of the molecule is C1CCC2C3NC(NC4NC(NC5NC(NC6NC(N3)C3CCCCC63)C3CCCCC53)C3CCCCC43)C2C1.C=COC(C)=O. The zero-order valence-corrected chi connectivity index (χ0v) is 28.2. The first kappa shape index (κ1) is 32.1. The number of esters is 1. The molecule has 8 N–H and O–H groups in total. The van der Waals surface area contributed by atoms with Crippen LogP contribution >= 0.6 is 0 Å². The number of hydrogen-bond acceptors (Lipinski definition) is 10. The summed E-state index contributed by atoms with van der Waals surface area (Å²) in [5, 5.41) is 33.8. The van der Waals surface area contributed by atoms with E-state index in [9.17, 15) is 4.79 Å². The molecule has 9 rings (SSSR count). The Kier molecular flexibility index (Phi) is 9.79. The van der Waals surface area contributed by atoms with E-state index in [1.165, 1.54) is 110 Å². The van der Waals surface area contributed by atoms with Crippen LogP contribution in [-0.4, -0.2) is 55.3 Å². The molecule has 8 unspecified atom stereocenters. The molecule has 10 nitrogen and oxygen atoms in total. The van der Waals surface area contributed by atoms with Crippen molar-refractivity contribution < 1.29 is 9.53 Å². The molecule has 258 valence electrons. The van der Waals surface area contributed by atoms with Crippen molar-refractivity contribution in [3.05, 3.63) is 12.8 Å². The Morgan fingerprint density at radius 1 is 0.435 bits per heavy atom. The summed E-state index contributed by atoms with van der Waals surface area (Å²) in [7, 11) is 0. The molecular formula is C36H62N8O2. The van der Waals surface area contributed by atoms with Crippen molar-refractivity contribution in [2.24, 2.45) is 47.3 Å². The van der Waals surface area contributed by atoms with E-state index in [1.54, 1.807) is 0 Å². The average molecular weight is 639 g/mol.